The summed E-state index contributed by atoms with van der Waals surface area (Å²) in [7, 11) is 3.94. The van der Waals surface area contributed by atoms with Crippen LogP contribution in [0.2, 0.25) is 5.02 Å². The molecule has 1 aliphatic rings. The van der Waals surface area contributed by atoms with Crippen molar-refractivity contribution in [1.82, 2.24) is 10.2 Å². The number of carbonyl (C=O) groups excluding carboxylic acids is 2. The maximum absolute atomic E-state index is 12.7. The Hall–Kier alpha value is -2.73. The van der Waals surface area contributed by atoms with Crippen LogP contribution in [-0.2, 0) is 4.79 Å². The van der Waals surface area contributed by atoms with Crippen molar-refractivity contribution in [3.63, 3.8) is 0 Å². The van der Waals surface area contributed by atoms with Gasteiger partial charge in [-0.3, -0.25) is 9.59 Å². The second-order valence-corrected chi connectivity index (χ2v) is 8.61. The Morgan fingerprint density at radius 3 is 2.23 bits per heavy atom. The molecule has 1 aliphatic heterocycles. The first kappa shape index (κ1) is 22.9. The van der Waals surface area contributed by atoms with Gasteiger partial charge in [-0.25, -0.2) is 0 Å². The molecule has 2 aromatic carbocycles. The van der Waals surface area contributed by atoms with E-state index in [2.05, 4.69) is 5.32 Å². The van der Waals surface area contributed by atoms with E-state index in [0.717, 1.165) is 29.7 Å². The lowest BCUT2D eigenvalue weighted by atomic mass is 10.0. The zero-order valence-corrected chi connectivity index (χ0v) is 19.3. The Balaban J connectivity index is 1.45. The molecular formula is C24H30ClN3O3. The summed E-state index contributed by atoms with van der Waals surface area (Å²) in [6.07, 6.45) is 1.46. The summed E-state index contributed by atoms with van der Waals surface area (Å²) in [4.78, 5) is 28.9. The quantitative estimate of drug-likeness (QED) is 0.737. The maximum atomic E-state index is 12.7. The number of benzene rings is 2. The Morgan fingerprint density at radius 1 is 1.10 bits per heavy atom. The first-order chi connectivity index (χ1) is 14.7. The number of anilines is 1. The molecule has 7 heteroatoms. The molecule has 2 amide bonds. The predicted molar refractivity (Wildman–Crippen MR) is 124 cm³/mol. The molecule has 0 atom stereocenters. The average Bonchev–Trinajstić information content (AvgIpc) is 2.76. The molecule has 0 spiro atoms. The van der Waals surface area contributed by atoms with Crippen molar-refractivity contribution in [3.05, 3.63) is 58.1 Å². The van der Waals surface area contributed by atoms with Crippen LogP contribution in [0.1, 0.15) is 34.3 Å². The van der Waals surface area contributed by atoms with Crippen LogP contribution in [0.15, 0.2) is 36.4 Å². The second kappa shape index (κ2) is 10.1. The number of aryl methyl sites for hydroxylation is 2. The molecule has 166 valence electrons. The van der Waals surface area contributed by atoms with Gasteiger partial charge in [-0.1, -0.05) is 11.6 Å². The lowest BCUT2D eigenvalue weighted by Crippen LogP contribution is -2.47. The van der Waals surface area contributed by atoms with Gasteiger partial charge in [0, 0.05) is 49.5 Å². The van der Waals surface area contributed by atoms with E-state index in [0.29, 0.717) is 29.4 Å². The second-order valence-electron chi connectivity index (χ2n) is 8.24. The first-order valence-electron chi connectivity index (χ1n) is 10.5. The SMILES string of the molecule is Cc1cc(OCC(=O)NC2CCN(C(=O)c3ccc(N(C)C)cc3)CC2)cc(C)c1Cl. The Labute approximate surface area is 189 Å². The minimum Gasteiger partial charge on any atom is -0.484 e. The first-order valence-corrected chi connectivity index (χ1v) is 10.9. The van der Waals surface area contributed by atoms with E-state index < -0.39 is 0 Å². The standard InChI is InChI=1S/C24H30ClN3O3/c1-16-13-21(14-17(2)23(16)25)31-15-22(29)26-19-9-11-28(12-10-19)24(30)18-5-7-20(8-6-18)27(3)4/h5-8,13-14,19H,9-12,15H2,1-4H3,(H,26,29). The monoisotopic (exact) mass is 443 g/mol. The summed E-state index contributed by atoms with van der Waals surface area (Å²) in [6, 6.07) is 11.3. The number of amides is 2. The van der Waals surface area contributed by atoms with Gasteiger partial charge in [0.1, 0.15) is 5.75 Å². The number of hydrogen-bond acceptors (Lipinski definition) is 4. The van der Waals surface area contributed by atoms with Crippen LogP contribution in [0.3, 0.4) is 0 Å². The van der Waals surface area contributed by atoms with Crippen LogP contribution in [0, 0.1) is 13.8 Å². The Kier molecular flexibility index (Phi) is 7.44. The van der Waals surface area contributed by atoms with Gasteiger partial charge in [0.05, 0.1) is 0 Å². The molecule has 0 aliphatic carbocycles. The third kappa shape index (κ3) is 5.91. The largest absolute Gasteiger partial charge is 0.484 e. The average molecular weight is 444 g/mol. The van der Waals surface area contributed by atoms with Crippen LogP contribution in [-0.4, -0.2) is 56.5 Å². The fourth-order valence-corrected chi connectivity index (χ4v) is 3.83. The van der Waals surface area contributed by atoms with Gasteiger partial charge in [-0.05, 0) is 74.2 Å². The fourth-order valence-electron chi connectivity index (χ4n) is 3.72. The third-order valence-electron chi connectivity index (χ3n) is 5.56. The minimum absolute atomic E-state index is 0.0342. The van der Waals surface area contributed by atoms with E-state index in [9.17, 15) is 9.59 Å². The zero-order chi connectivity index (χ0) is 22.5. The van der Waals surface area contributed by atoms with Crippen LogP contribution in [0.5, 0.6) is 5.75 Å². The molecule has 1 N–H and O–H groups in total. The maximum Gasteiger partial charge on any atom is 0.258 e. The van der Waals surface area contributed by atoms with E-state index in [1.54, 1.807) is 0 Å². The van der Waals surface area contributed by atoms with Crippen molar-refractivity contribution in [1.29, 1.82) is 0 Å². The van der Waals surface area contributed by atoms with E-state index in [1.807, 2.05) is 74.1 Å². The number of nitrogens with zero attached hydrogens (tertiary/aromatic N) is 2. The zero-order valence-electron chi connectivity index (χ0n) is 18.6. The topological polar surface area (TPSA) is 61.9 Å². The molecule has 6 nitrogen and oxygen atoms in total. The number of ether oxygens (including phenoxy) is 1. The van der Waals surface area contributed by atoms with Crippen molar-refractivity contribution < 1.29 is 14.3 Å². The van der Waals surface area contributed by atoms with Gasteiger partial charge in [-0.15, -0.1) is 0 Å². The van der Waals surface area contributed by atoms with Crippen molar-refractivity contribution in [3.8, 4) is 5.75 Å². The summed E-state index contributed by atoms with van der Waals surface area (Å²) in [6.45, 7) is 5.02. The molecular weight excluding hydrogens is 414 g/mol. The number of halogens is 1. The lowest BCUT2D eigenvalue weighted by Gasteiger charge is -2.32. The lowest BCUT2D eigenvalue weighted by molar-refractivity contribution is -0.124. The highest BCUT2D eigenvalue weighted by Gasteiger charge is 2.24. The van der Waals surface area contributed by atoms with Gasteiger partial charge in [0.25, 0.3) is 11.8 Å². The molecule has 0 bridgehead atoms. The fraction of sp³-hybridized carbons (Fsp3) is 0.417. The summed E-state index contributed by atoms with van der Waals surface area (Å²) < 4.78 is 5.63. The molecule has 1 saturated heterocycles. The third-order valence-corrected chi connectivity index (χ3v) is 6.15. The normalized spacial score (nSPS) is 14.3. The van der Waals surface area contributed by atoms with Gasteiger partial charge >= 0.3 is 0 Å². The van der Waals surface area contributed by atoms with E-state index in [-0.39, 0.29) is 24.5 Å². The highest BCUT2D eigenvalue weighted by Crippen LogP contribution is 2.25. The molecule has 3 rings (SSSR count). The molecule has 1 heterocycles. The van der Waals surface area contributed by atoms with E-state index in [1.165, 1.54) is 0 Å². The molecule has 1 fully saturated rings. The number of carbonyl (C=O) groups is 2. The summed E-state index contributed by atoms with van der Waals surface area (Å²) in [5, 5.41) is 3.73. The summed E-state index contributed by atoms with van der Waals surface area (Å²) in [5.74, 6) is 0.511. The van der Waals surface area contributed by atoms with Crippen molar-refractivity contribution >= 4 is 29.1 Å². The van der Waals surface area contributed by atoms with Crippen molar-refractivity contribution in [2.45, 2.75) is 32.7 Å². The predicted octanol–water partition coefficient (Wildman–Crippen LogP) is 3.82. The molecule has 2 aromatic rings. The highest BCUT2D eigenvalue weighted by atomic mass is 35.5. The van der Waals surface area contributed by atoms with Crippen molar-refractivity contribution in [2.75, 3.05) is 38.7 Å². The molecule has 0 unspecified atom stereocenters. The van der Waals surface area contributed by atoms with Crippen LogP contribution < -0.4 is 15.0 Å². The van der Waals surface area contributed by atoms with E-state index >= 15 is 0 Å². The van der Waals surface area contributed by atoms with Gasteiger partial charge < -0.3 is 19.9 Å². The summed E-state index contributed by atoms with van der Waals surface area (Å²) in [5.41, 5.74) is 3.59. The van der Waals surface area contributed by atoms with Gasteiger partial charge in [0.2, 0.25) is 0 Å². The number of nitrogens with one attached hydrogen (secondary N) is 1. The number of likely N-dealkylation sites (tertiary alicyclic amines) is 1. The summed E-state index contributed by atoms with van der Waals surface area (Å²) >= 11 is 6.17. The number of hydrogen-bond donors (Lipinski definition) is 1. The minimum atomic E-state index is -0.158. The number of piperidine rings is 1. The smallest absolute Gasteiger partial charge is 0.258 e. The Morgan fingerprint density at radius 2 is 1.68 bits per heavy atom. The van der Waals surface area contributed by atoms with Gasteiger partial charge in [-0.2, -0.15) is 0 Å². The Bertz CT molecular complexity index is 913. The molecule has 0 aromatic heterocycles. The van der Waals surface area contributed by atoms with Gasteiger partial charge in [0.15, 0.2) is 6.61 Å². The molecule has 0 saturated carbocycles. The molecule has 0 radical (unpaired) electrons. The number of rotatable bonds is 6. The molecule has 31 heavy (non-hydrogen) atoms. The van der Waals surface area contributed by atoms with Crippen LogP contribution in [0.25, 0.3) is 0 Å². The van der Waals surface area contributed by atoms with E-state index in [4.69, 9.17) is 16.3 Å². The highest BCUT2D eigenvalue weighted by molar-refractivity contribution is 6.32. The van der Waals surface area contributed by atoms with Crippen LogP contribution in [0.4, 0.5) is 5.69 Å². The van der Waals surface area contributed by atoms with Crippen molar-refractivity contribution in [2.24, 2.45) is 0 Å². The van der Waals surface area contributed by atoms with Crippen LogP contribution >= 0.6 is 11.6 Å².